The maximum Gasteiger partial charge on any atom is 0.172 e. The predicted molar refractivity (Wildman–Crippen MR) is 324 cm³/mol. The zero-order chi connectivity index (χ0) is 52.8. The summed E-state index contributed by atoms with van der Waals surface area (Å²) in [5.74, 6) is -0.481. The Bertz CT molecular complexity index is 3300. The number of benzene rings is 8. The average Bonchev–Trinajstić information content (AvgIpc) is 3.62. The van der Waals surface area contributed by atoms with Crippen LogP contribution in [0.5, 0.6) is 0 Å². The summed E-state index contributed by atoms with van der Waals surface area (Å²) in [7, 11) is -15.6. The fourth-order valence-corrected chi connectivity index (χ4v) is 31.0. The number of hydrogen-bond acceptors (Lipinski definition) is 4. The molecule has 384 valence electrons. The van der Waals surface area contributed by atoms with Crippen LogP contribution < -0.4 is 63.7 Å². The second kappa shape index (κ2) is 18.1. The Morgan fingerprint density at radius 2 is 0.434 bits per heavy atom. The molecular weight excluding hydrogens is 1000 g/mol. The fourth-order valence-electron chi connectivity index (χ4n) is 16.0. The van der Waals surface area contributed by atoms with E-state index in [1.165, 1.54) is 0 Å². The lowest BCUT2D eigenvalue weighted by atomic mass is 9.76. The summed E-state index contributed by atoms with van der Waals surface area (Å²) in [6.07, 6.45) is 6.91. The van der Waals surface area contributed by atoms with E-state index in [1.807, 2.05) is 121 Å². The van der Waals surface area contributed by atoms with Crippen molar-refractivity contribution in [3.05, 3.63) is 212 Å². The van der Waals surface area contributed by atoms with Gasteiger partial charge in [0.15, 0.2) is 28.6 Å². The molecule has 0 radical (unpaired) electrons. The molecule has 0 aliphatic carbocycles. The fraction of sp³-hybridized carbons (Fsp3) is 0.294. The Balaban J connectivity index is 1.36. The quantitative estimate of drug-likeness (QED) is 0.114. The zero-order valence-corrected chi connectivity index (χ0v) is 48.8. The van der Waals surface area contributed by atoms with Gasteiger partial charge in [-0.2, -0.15) is 0 Å². The van der Waals surface area contributed by atoms with Gasteiger partial charge >= 0.3 is 0 Å². The first-order valence-electron chi connectivity index (χ1n) is 28.1. The molecule has 0 amide bonds. The van der Waals surface area contributed by atoms with Gasteiger partial charge < -0.3 is 18.3 Å². The van der Waals surface area contributed by atoms with Crippen LogP contribution in [0.3, 0.4) is 0 Å². The van der Waals surface area contributed by atoms with Gasteiger partial charge in [0.25, 0.3) is 0 Å². The van der Waals surface area contributed by atoms with Gasteiger partial charge in [0.1, 0.15) is 0 Å². The van der Waals surface area contributed by atoms with Gasteiger partial charge in [0, 0.05) is 87.3 Å². The summed E-state index contributed by atoms with van der Waals surface area (Å²) in [5, 5.41) is 9.28. The van der Waals surface area contributed by atoms with Crippen molar-refractivity contribution < 1.29 is 18.3 Å². The molecule has 0 N–H and O–H groups in total. The Labute approximate surface area is 450 Å². The molecule has 8 aromatic rings. The van der Waals surface area contributed by atoms with E-state index in [2.05, 4.69) is 79.7 Å². The molecule has 4 aliphatic heterocycles. The standard InChI is InChI=1S/C68H68O4P4/c1-9-25-49-53-37-55-50(26-10-2)57-39-59-52(28-12-4)60-40-58-51(27-11-3)56-38-54(49)62-42(6)64(56)75(71,47-33-21-15-22-34-47)66(58)44(8)68(60)76(72,48-35-23-16-24-36-48)67(59)43(7)65(57)74(70,46-31-19-14-20-32-46)63(55)41(5)61(53)73(62,69)45-29-17-13-18-30-45/h13-24,29-40,49-52H,9-12,25-28H2,1-8H3. The van der Waals surface area contributed by atoms with Crippen molar-refractivity contribution in [3.8, 4) is 0 Å². The second-order valence-electron chi connectivity index (χ2n) is 22.7. The lowest BCUT2D eigenvalue weighted by Gasteiger charge is -2.47. The zero-order valence-electron chi connectivity index (χ0n) is 45.2. The Morgan fingerprint density at radius 3 is 0.579 bits per heavy atom. The second-order valence-corrected chi connectivity index (χ2v) is 33.2. The summed E-state index contributed by atoms with van der Waals surface area (Å²) in [6, 6.07) is 50.0. The number of rotatable bonds is 12. The molecule has 12 rings (SSSR count). The highest BCUT2D eigenvalue weighted by Crippen LogP contribution is 2.64. The van der Waals surface area contributed by atoms with E-state index < -0.39 is 28.6 Å². The SMILES string of the molecule is CCCC1c2cc3c4c(C)c2P(=O)(c2ccccc2)c2c1cc1c(c2C)P(=O)(c2ccccc2)c2c(cc5c(c2C)P(=O)(c2ccccc2)c2c(cc(c(c2C)P4(=O)c2ccccc2)C3CCC)C5CCC)C1CCC. The van der Waals surface area contributed by atoms with E-state index in [-0.39, 0.29) is 23.7 Å². The summed E-state index contributed by atoms with van der Waals surface area (Å²) in [6.45, 7) is 17.6. The molecule has 0 saturated carbocycles. The molecule has 0 spiro atoms. The molecule has 76 heavy (non-hydrogen) atoms. The van der Waals surface area contributed by atoms with Gasteiger partial charge in [0.2, 0.25) is 0 Å². The highest BCUT2D eigenvalue weighted by molar-refractivity contribution is 7.89. The Morgan fingerprint density at radius 1 is 0.276 bits per heavy atom. The maximum absolute atomic E-state index is 18.2. The van der Waals surface area contributed by atoms with Crippen LogP contribution in [0.25, 0.3) is 0 Å². The van der Waals surface area contributed by atoms with E-state index >= 15 is 18.3 Å². The minimum atomic E-state index is -3.89. The van der Waals surface area contributed by atoms with Crippen LogP contribution in [-0.2, 0) is 18.3 Å². The van der Waals surface area contributed by atoms with Gasteiger partial charge in [-0.05, 0) is 120 Å². The first kappa shape index (κ1) is 50.2. The van der Waals surface area contributed by atoms with Crippen LogP contribution in [0.1, 0.15) is 169 Å². The van der Waals surface area contributed by atoms with Gasteiger partial charge in [-0.3, -0.25) is 0 Å². The third-order valence-corrected chi connectivity index (χ3v) is 32.5. The predicted octanol–water partition coefficient (Wildman–Crippen LogP) is 12.8. The molecule has 0 saturated heterocycles. The number of fused-ring (bicyclic) bond motifs is 8. The van der Waals surface area contributed by atoms with Crippen molar-refractivity contribution in [1.29, 1.82) is 0 Å². The van der Waals surface area contributed by atoms with Crippen LogP contribution in [0, 0.1) is 27.7 Å². The van der Waals surface area contributed by atoms with Crippen molar-refractivity contribution in [2.45, 2.75) is 130 Å². The Hall–Kier alpha value is -5.32. The Kier molecular flexibility index (Phi) is 12.0. The van der Waals surface area contributed by atoms with Crippen molar-refractivity contribution in [1.82, 2.24) is 0 Å². The molecule has 8 aromatic carbocycles. The maximum atomic E-state index is 18.2. The third-order valence-electron chi connectivity index (χ3n) is 18.6. The first-order chi connectivity index (χ1) is 36.8. The molecular formula is C68H68O4P4. The normalized spacial score (nSPS) is 25.7. The molecule has 4 aliphatic rings. The number of hydrogen-bond donors (Lipinski definition) is 0. The highest BCUT2D eigenvalue weighted by atomic mass is 31.2. The molecule has 8 heteroatoms. The third kappa shape index (κ3) is 6.34. The van der Waals surface area contributed by atoms with E-state index in [9.17, 15) is 0 Å². The minimum absolute atomic E-state index is 0.120. The minimum Gasteiger partial charge on any atom is -0.309 e. The summed E-state index contributed by atoms with van der Waals surface area (Å²) in [4.78, 5) is 0. The largest absolute Gasteiger partial charge is 0.309 e. The van der Waals surface area contributed by atoms with Gasteiger partial charge in [-0.15, -0.1) is 0 Å². The summed E-state index contributed by atoms with van der Waals surface area (Å²) in [5.41, 5.74) is 12.0. The molecule has 0 bridgehead atoms. The molecule has 0 unspecified atom stereocenters. The summed E-state index contributed by atoms with van der Waals surface area (Å²) < 4.78 is 72.9. The van der Waals surface area contributed by atoms with Gasteiger partial charge in [-0.1, -0.05) is 199 Å². The van der Waals surface area contributed by atoms with Crippen molar-refractivity contribution >= 4 is 92.2 Å². The monoisotopic (exact) mass is 1070 g/mol. The lowest BCUT2D eigenvalue weighted by molar-refractivity contribution is 0.589. The molecule has 0 aromatic heterocycles. The topological polar surface area (TPSA) is 68.3 Å². The molecule has 4 heterocycles. The van der Waals surface area contributed by atoms with E-state index in [1.54, 1.807) is 0 Å². The van der Waals surface area contributed by atoms with Crippen LogP contribution in [-0.4, -0.2) is 0 Å². The molecule has 4 nitrogen and oxygen atoms in total. The summed E-state index contributed by atoms with van der Waals surface area (Å²) >= 11 is 0. The van der Waals surface area contributed by atoms with Crippen LogP contribution in [0.15, 0.2) is 146 Å². The van der Waals surface area contributed by atoms with E-state index in [4.69, 9.17) is 0 Å². The average molecular weight is 1070 g/mol. The van der Waals surface area contributed by atoms with E-state index in [0.717, 1.165) is 182 Å². The molecule has 0 fully saturated rings. The van der Waals surface area contributed by atoms with Crippen molar-refractivity contribution in [2.24, 2.45) is 0 Å². The smallest absolute Gasteiger partial charge is 0.172 e. The van der Waals surface area contributed by atoms with Crippen LogP contribution in [0.4, 0.5) is 0 Å². The van der Waals surface area contributed by atoms with Crippen LogP contribution >= 0.6 is 28.6 Å². The van der Waals surface area contributed by atoms with Gasteiger partial charge in [0.05, 0.1) is 0 Å². The van der Waals surface area contributed by atoms with Crippen molar-refractivity contribution in [3.63, 3.8) is 0 Å². The lowest BCUT2D eigenvalue weighted by Crippen LogP contribution is -2.50. The van der Waals surface area contributed by atoms with E-state index in [0.29, 0.717) is 0 Å². The molecule has 0 atom stereocenters. The van der Waals surface area contributed by atoms with Crippen LogP contribution in [0.2, 0.25) is 0 Å². The van der Waals surface area contributed by atoms with Crippen molar-refractivity contribution in [2.75, 3.05) is 0 Å². The highest BCUT2D eigenvalue weighted by Gasteiger charge is 2.56. The van der Waals surface area contributed by atoms with Gasteiger partial charge in [-0.25, -0.2) is 0 Å². The first-order valence-corrected chi connectivity index (χ1v) is 35.0.